The topological polar surface area (TPSA) is 88.8 Å². The van der Waals surface area contributed by atoms with Gasteiger partial charge >= 0.3 is 6.18 Å². The molecule has 1 aromatic carbocycles. The minimum Gasteiger partial charge on any atom is -0.364 e. The van der Waals surface area contributed by atoms with Gasteiger partial charge in [-0.1, -0.05) is 19.1 Å². The van der Waals surface area contributed by atoms with E-state index in [1.807, 2.05) is 6.07 Å². The summed E-state index contributed by atoms with van der Waals surface area (Å²) in [5, 5.41) is 11.1. The summed E-state index contributed by atoms with van der Waals surface area (Å²) in [5.41, 5.74) is 0.673. The molecule has 3 aromatic rings. The summed E-state index contributed by atoms with van der Waals surface area (Å²) < 4.78 is 37.3. The highest BCUT2D eigenvalue weighted by Gasteiger charge is 2.66. The molecule has 0 bridgehead atoms. The lowest BCUT2D eigenvalue weighted by atomic mass is 9.49. The minimum absolute atomic E-state index is 0.234. The molecule has 2 aromatic heterocycles. The summed E-state index contributed by atoms with van der Waals surface area (Å²) in [7, 11) is 2.09. The summed E-state index contributed by atoms with van der Waals surface area (Å²) >= 11 is 0. The number of benzene rings is 1. The van der Waals surface area contributed by atoms with E-state index in [4.69, 9.17) is 0 Å². The highest BCUT2D eigenvalue weighted by Crippen LogP contribution is 2.59. The summed E-state index contributed by atoms with van der Waals surface area (Å²) in [6.07, 6.45) is 3.59. The van der Waals surface area contributed by atoms with Gasteiger partial charge in [0.15, 0.2) is 12.0 Å². The van der Waals surface area contributed by atoms with Crippen molar-refractivity contribution in [2.45, 2.75) is 51.0 Å². The second-order valence-electron chi connectivity index (χ2n) is 8.61. The number of nitrogens with one attached hydrogen (secondary N) is 1. The number of aromatic nitrogens is 5. The van der Waals surface area contributed by atoms with Crippen molar-refractivity contribution in [1.82, 2.24) is 29.9 Å². The number of carbonyl (C=O) groups is 1. The lowest BCUT2D eigenvalue weighted by molar-refractivity contribution is -0.195. The molecule has 5 rings (SSSR count). The molecule has 2 aliphatic rings. The van der Waals surface area contributed by atoms with Crippen molar-refractivity contribution in [3.8, 4) is 5.69 Å². The van der Waals surface area contributed by atoms with Crippen LogP contribution in [0.5, 0.6) is 0 Å². The van der Waals surface area contributed by atoms with Crippen LogP contribution in [0.25, 0.3) is 5.69 Å². The van der Waals surface area contributed by atoms with Crippen molar-refractivity contribution in [2.24, 2.45) is 5.41 Å². The summed E-state index contributed by atoms with van der Waals surface area (Å²) in [5.74, 6) is 0.408. The van der Waals surface area contributed by atoms with Crippen LogP contribution in [-0.4, -0.2) is 61.3 Å². The van der Waals surface area contributed by atoms with Crippen LogP contribution in [0, 0.1) is 5.41 Å². The standard InChI is InChI=1S/C14H19F3N4.C9H7N3O/c1-4-13-5-9(12(13)21(3)8(13)2)20-11-7-18-10(6-19-11)14(15,16)17;13-7-8-3-1-2-4-9(8)12-10-5-6-11-12/h6-9,12H,4-5H2,1-3H3,(H,19,20);1-7H. The maximum Gasteiger partial charge on any atom is 0.434 e. The van der Waals surface area contributed by atoms with Gasteiger partial charge in [-0.25, -0.2) is 9.97 Å². The van der Waals surface area contributed by atoms with Crippen LogP contribution in [0.1, 0.15) is 42.7 Å². The smallest absolute Gasteiger partial charge is 0.364 e. The molecule has 11 heteroatoms. The Labute approximate surface area is 195 Å². The van der Waals surface area contributed by atoms with Crippen LogP contribution < -0.4 is 5.32 Å². The van der Waals surface area contributed by atoms with Crippen molar-refractivity contribution in [3.05, 3.63) is 60.3 Å². The summed E-state index contributed by atoms with van der Waals surface area (Å²) in [6.45, 7) is 4.43. The van der Waals surface area contributed by atoms with E-state index in [2.05, 4.69) is 51.3 Å². The van der Waals surface area contributed by atoms with Crippen molar-refractivity contribution >= 4 is 12.1 Å². The number of hydrogen-bond donors (Lipinski definition) is 1. The molecule has 2 fully saturated rings. The molecule has 8 nitrogen and oxygen atoms in total. The molecule has 180 valence electrons. The molecule has 34 heavy (non-hydrogen) atoms. The van der Waals surface area contributed by atoms with Gasteiger partial charge < -0.3 is 5.32 Å². The molecule has 1 saturated carbocycles. The van der Waals surface area contributed by atoms with E-state index in [0.29, 0.717) is 34.6 Å². The Kier molecular flexibility index (Phi) is 6.39. The first-order valence-corrected chi connectivity index (χ1v) is 11.0. The molecular formula is C23H26F3N7O. The van der Waals surface area contributed by atoms with Gasteiger partial charge in [0.05, 0.1) is 30.5 Å². The minimum atomic E-state index is -4.44. The molecule has 1 saturated heterocycles. The maximum atomic E-state index is 12.4. The van der Waals surface area contributed by atoms with Gasteiger partial charge in [-0.2, -0.15) is 28.2 Å². The van der Waals surface area contributed by atoms with E-state index in [-0.39, 0.29) is 6.04 Å². The molecule has 0 amide bonds. The van der Waals surface area contributed by atoms with Crippen LogP contribution >= 0.6 is 0 Å². The van der Waals surface area contributed by atoms with E-state index in [1.165, 1.54) is 4.80 Å². The number of hydrogen-bond acceptors (Lipinski definition) is 7. The Morgan fingerprint density at radius 2 is 1.88 bits per heavy atom. The highest BCUT2D eigenvalue weighted by atomic mass is 19.4. The number of para-hydroxylation sites is 1. The van der Waals surface area contributed by atoms with E-state index < -0.39 is 11.9 Å². The van der Waals surface area contributed by atoms with E-state index in [0.717, 1.165) is 31.5 Å². The second-order valence-corrected chi connectivity index (χ2v) is 8.61. The van der Waals surface area contributed by atoms with Gasteiger partial charge in [0.1, 0.15) is 5.82 Å². The van der Waals surface area contributed by atoms with Crippen LogP contribution in [-0.2, 0) is 6.18 Å². The average molecular weight is 474 g/mol. The predicted octanol–water partition coefficient (Wildman–Crippen LogP) is 3.86. The van der Waals surface area contributed by atoms with Crippen molar-refractivity contribution in [2.75, 3.05) is 12.4 Å². The first-order valence-electron chi connectivity index (χ1n) is 11.0. The van der Waals surface area contributed by atoms with Gasteiger partial charge in [-0.15, -0.1) is 0 Å². The fourth-order valence-electron chi connectivity index (χ4n) is 5.18. The van der Waals surface area contributed by atoms with E-state index in [9.17, 15) is 18.0 Å². The Morgan fingerprint density at radius 3 is 2.47 bits per heavy atom. The summed E-state index contributed by atoms with van der Waals surface area (Å²) in [6, 6.07) is 8.39. The fraction of sp³-hybridized carbons (Fsp3) is 0.435. The average Bonchev–Trinajstić information content (AvgIpc) is 3.36. The Morgan fingerprint density at radius 1 is 1.18 bits per heavy atom. The van der Waals surface area contributed by atoms with Crippen LogP contribution in [0.15, 0.2) is 49.1 Å². The Balaban J connectivity index is 0.000000180. The largest absolute Gasteiger partial charge is 0.434 e. The Hall–Kier alpha value is -3.34. The normalized spacial score (nSPS) is 25.8. The molecule has 4 atom stereocenters. The predicted molar refractivity (Wildman–Crippen MR) is 120 cm³/mol. The molecule has 1 N–H and O–H groups in total. The second kappa shape index (κ2) is 9.13. The van der Waals surface area contributed by atoms with Gasteiger partial charge in [0.25, 0.3) is 0 Å². The zero-order valence-corrected chi connectivity index (χ0v) is 19.1. The number of rotatable bonds is 5. The monoisotopic (exact) mass is 473 g/mol. The number of likely N-dealkylation sites (N-methyl/N-ethyl adjacent to an activating group) is 1. The molecule has 1 aliphatic carbocycles. The molecule has 3 heterocycles. The number of carbonyl (C=O) groups excluding carboxylic acids is 1. The van der Waals surface area contributed by atoms with Crippen LogP contribution in [0.3, 0.4) is 0 Å². The molecule has 0 spiro atoms. The van der Waals surface area contributed by atoms with Crippen molar-refractivity contribution in [1.29, 1.82) is 0 Å². The van der Waals surface area contributed by atoms with E-state index >= 15 is 0 Å². The van der Waals surface area contributed by atoms with E-state index in [1.54, 1.807) is 30.6 Å². The molecular weight excluding hydrogens is 447 g/mol. The Bertz CT molecular complexity index is 1120. The van der Waals surface area contributed by atoms with Gasteiger partial charge in [-0.3, -0.25) is 9.69 Å². The lowest BCUT2D eigenvalue weighted by Crippen LogP contribution is -2.81. The zero-order chi connectivity index (χ0) is 24.5. The lowest BCUT2D eigenvalue weighted by Gasteiger charge is -2.72. The fourth-order valence-corrected chi connectivity index (χ4v) is 5.18. The third kappa shape index (κ3) is 4.15. The summed E-state index contributed by atoms with van der Waals surface area (Å²) in [4.78, 5) is 21.7. The first-order chi connectivity index (χ1) is 16.2. The van der Waals surface area contributed by atoms with Crippen molar-refractivity contribution in [3.63, 3.8) is 0 Å². The molecule has 4 unspecified atom stereocenters. The third-order valence-electron chi connectivity index (χ3n) is 7.08. The highest BCUT2D eigenvalue weighted by molar-refractivity contribution is 5.80. The third-order valence-corrected chi connectivity index (χ3v) is 7.08. The zero-order valence-electron chi connectivity index (χ0n) is 19.1. The number of anilines is 1. The number of likely N-dealkylation sites (tertiary alicyclic amines) is 1. The van der Waals surface area contributed by atoms with Crippen molar-refractivity contribution < 1.29 is 18.0 Å². The maximum absolute atomic E-state index is 12.4. The van der Waals surface area contributed by atoms with Gasteiger partial charge in [0.2, 0.25) is 0 Å². The number of piperidine rings is 1. The van der Waals surface area contributed by atoms with Crippen LogP contribution in [0.2, 0.25) is 0 Å². The quantitative estimate of drug-likeness (QED) is 0.563. The molecule has 0 radical (unpaired) electrons. The van der Waals surface area contributed by atoms with Gasteiger partial charge in [-0.05, 0) is 38.9 Å². The number of fused-ring (bicyclic) bond motifs is 1. The molecule has 1 aliphatic heterocycles. The number of alkyl halides is 3. The number of nitrogens with zero attached hydrogens (tertiary/aromatic N) is 6. The van der Waals surface area contributed by atoms with Gasteiger partial charge in [0, 0.05) is 29.1 Å². The first kappa shape index (κ1) is 23.8. The number of aldehydes is 1. The van der Waals surface area contributed by atoms with Crippen LogP contribution in [0.4, 0.5) is 19.0 Å². The SMILES string of the molecule is CCC12CC(Nc3cnc(C(F)(F)F)cn3)C1N(C)C2C.O=Cc1ccccc1-n1nccn1. The number of halogens is 3.